The number of aromatic nitrogens is 2. The molecule has 3 aromatic rings. The summed E-state index contributed by atoms with van der Waals surface area (Å²) in [6.07, 6.45) is 0. The fourth-order valence-corrected chi connectivity index (χ4v) is 3.92. The van der Waals surface area contributed by atoms with Crippen LogP contribution in [0, 0.1) is 6.92 Å². The molecular formula is C21H23N3O7S. The molecule has 32 heavy (non-hydrogen) atoms. The van der Waals surface area contributed by atoms with Crippen LogP contribution in [-0.2, 0) is 26.2 Å². The van der Waals surface area contributed by atoms with Gasteiger partial charge in [-0.3, -0.25) is 4.79 Å². The molecule has 1 heterocycles. The van der Waals surface area contributed by atoms with E-state index in [4.69, 9.17) is 18.7 Å². The summed E-state index contributed by atoms with van der Waals surface area (Å²) in [5, 5.41) is 3.86. The molecule has 2 aromatic carbocycles. The standard InChI is InChI=1S/C21H23N3O7S/c1-13-5-8-16(9-6-13)32(26,27)24-14(2)21(25)30-12-19-22-20(23-31-19)15-7-10-17(28-3)18(11-15)29-4/h5-11,14,24H,12H2,1-4H3/t14-/m0/s1. The van der Waals surface area contributed by atoms with Crippen LogP contribution in [0.5, 0.6) is 11.5 Å². The number of sulfonamides is 1. The van der Waals surface area contributed by atoms with Crippen LogP contribution in [0.2, 0.25) is 0 Å². The van der Waals surface area contributed by atoms with Crippen molar-refractivity contribution < 1.29 is 31.9 Å². The molecule has 0 unspecified atom stereocenters. The van der Waals surface area contributed by atoms with Gasteiger partial charge in [0.2, 0.25) is 15.8 Å². The van der Waals surface area contributed by atoms with Crippen LogP contribution in [0.4, 0.5) is 0 Å². The van der Waals surface area contributed by atoms with Crippen molar-refractivity contribution in [3.05, 3.63) is 53.9 Å². The van der Waals surface area contributed by atoms with E-state index >= 15 is 0 Å². The lowest BCUT2D eigenvalue weighted by atomic mass is 10.2. The molecule has 10 nitrogen and oxygen atoms in total. The molecule has 1 aromatic heterocycles. The normalized spacial score (nSPS) is 12.2. The van der Waals surface area contributed by atoms with Gasteiger partial charge in [-0.2, -0.15) is 9.71 Å². The molecule has 1 N–H and O–H groups in total. The summed E-state index contributed by atoms with van der Waals surface area (Å²) in [6.45, 7) is 2.92. The molecule has 0 amide bonds. The summed E-state index contributed by atoms with van der Waals surface area (Å²) in [7, 11) is -0.834. The number of carbonyl (C=O) groups excluding carboxylic acids is 1. The van der Waals surface area contributed by atoms with Gasteiger partial charge in [0.05, 0.1) is 19.1 Å². The fraction of sp³-hybridized carbons (Fsp3) is 0.286. The van der Waals surface area contributed by atoms with Gasteiger partial charge in [0.25, 0.3) is 5.89 Å². The molecule has 0 aliphatic rings. The minimum Gasteiger partial charge on any atom is -0.493 e. The van der Waals surface area contributed by atoms with Gasteiger partial charge in [0, 0.05) is 5.56 Å². The minimum atomic E-state index is -3.87. The summed E-state index contributed by atoms with van der Waals surface area (Å²) in [4.78, 5) is 16.5. The maximum Gasteiger partial charge on any atom is 0.324 e. The van der Waals surface area contributed by atoms with Gasteiger partial charge in [0.15, 0.2) is 18.1 Å². The van der Waals surface area contributed by atoms with E-state index in [1.165, 1.54) is 33.3 Å². The molecule has 1 atom stereocenters. The number of ether oxygens (including phenoxy) is 3. The van der Waals surface area contributed by atoms with Crippen molar-refractivity contribution in [3.63, 3.8) is 0 Å². The molecular weight excluding hydrogens is 438 g/mol. The molecule has 3 rings (SSSR count). The van der Waals surface area contributed by atoms with Crippen molar-refractivity contribution in [2.24, 2.45) is 0 Å². The van der Waals surface area contributed by atoms with Gasteiger partial charge in [0.1, 0.15) is 6.04 Å². The Morgan fingerprint density at radius 2 is 1.78 bits per heavy atom. The zero-order valence-corrected chi connectivity index (χ0v) is 18.8. The van der Waals surface area contributed by atoms with Crippen LogP contribution in [0.3, 0.4) is 0 Å². The van der Waals surface area contributed by atoms with E-state index in [1.807, 2.05) is 6.92 Å². The largest absolute Gasteiger partial charge is 0.493 e. The van der Waals surface area contributed by atoms with Gasteiger partial charge < -0.3 is 18.7 Å². The number of hydrogen-bond acceptors (Lipinski definition) is 9. The number of esters is 1. The lowest BCUT2D eigenvalue weighted by Gasteiger charge is -2.13. The third kappa shape index (κ3) is 5.42. The zero-order valence-electron chi connectivity index (χ0n) is 18.0. The number of hydrogen-bond donors (Lipinski definition) is 1. The van der Waals surface area contributed by atoms with Crippen molar-refractivity contribution in [1.82, 2.24) is 14.9 Å². The number of nitrogens with zero attached hydrogens (tertiary/aromatic N) is 2. The average Bonchev–Trinajstić information content (AvgIpc) is 3.26. The van der Waals surface area contributed by atoms with E-state index in [9.17, 15) is 13.2 Å². The Morgan fingerprint density at radius 1 is 1.09 bits per heavy atom. The fourth-order valence-electron chi connectivity index (χ4n) is 2.73. The van der Waals surface area contributed by atoms with Gasteiger partial charge in [-0.15, -0.1) is 0 Å². The highest BCUT2D eigenvalue weighted by Gasteiger charge is 2.24. The van der Waals surface area contributed by atoms with E-state index in [2.05, 4.69) is 14.9 Å². The lowest BCUT2D eigenvalue weighted by Crippen LogP contribution is -2.39. The quantitative estimate of drug-likeness (QED) is 0.478. The number of methoxy groups -OCH3 is 2. The lowest BCUT2D eigenvalue weighted by molar-refractivity contribution is -0.147. The Balaban J connectivity index is 1.60. The van der Waals surface area contributed by atoms with E-state index in [0.717, 1.165) is 5.56 Å². The Labute approximate surface area is 185 Å². The van der Waals surface area contributed by atoms with Crippen LogP contribution in [0.25, 0.3) is 11.4 Å². The summed E-state index contributed by atoms with van der Waals surface area (Å²) in [5.74, 6) is 0.585. The molecule has 0 aliphatic carbocycles. The highest BCUT2D eigenvalue weighted by molar-refractivity contribution is 7.89. The molecule has 0 radical (unpaired) electrons. The Kier molecular flexibility index (Phi) is 7.11. The van der Waals surface area contributed by atoms with Crippen molar-refractivity contribution in [2.75, 3.05) is 14.2 Å². The predicted molar refractivity (Wildman–Crippen MR) is 114 cm³/mol. The zero-order chi connectivity index (χ0) is 23.3. The second-order valence-corrected chi connectivity index (χ2v) is 8.56. The SMILES string of the molecule is COc1ccc(-c2noc(COC(=O)[C@H](C)NS(=O)(=O)c3ccc(C)cc3)n2)cc1OC. The number of rotatable bonds is 9. The molecule has 170 valence electrons. The van der Waals surface area contributed by atoms with E-state index < -0.39 is 22.0 Å². The van der Waals surface area contributed by atoms with Crippen molar-refractivity contribution in [1.29, 1.82) is 0 Å². The predicted octanol–water partition coefficient (Wildman–Crippen LogP) is 2.47. The first-order chi connectivity index (χ1) is 15.2. The van der Waals surface area contributed by atoms with Gasteiger partial charge in [-0.25, -0.2) is 8.42 Å². The smallest absolute Gasteiger partial charge is 0.324 e. The third-order valence-corrected chi connectivity index (χ3v) is 6.02. The molecule has 0 spiro atoms. The first-order valence-electron chi connectivity index (χ1n) is 9.54. The second-order valence-electron chi connectivity index (χ2n) is 6.85. The summed E-state index contributed by atoms with van der Waals surface area (Å²) < 4.78 is 47.8. The Hall–Kier alpha value is -3.44. The van der Waals surface area contributed by atoms with Gasteiger partial charge in [-0.1, -0.05) is 22.9 Å². The summed E-state index contributed by atoms with van der Waals surface area (Å²) >= 11 is 0. The molecule has 0 bridgehead atoms. The maximum atomic E-state index is 12.4. The van der Waals surface area contributed by atoms with E-state index in [-0.39, 0.29) is 23.2 Å². The van der Waals surface area contributed by atoms with Crippen LogP contribution in [0.1, 0.15) is 18.4 Å². The highest BCUT2D eigenvalue weighted by atomic mass is 32.2. The number of carbonyl (C=O) groups is 1. The Bertz CT molecular complexity index is 1190. The molecule has 0 aliphatic heterocycles. The number of nitrogens with one attached hydrogen (secondary N) is 1. The third-order valence-electron chi connectivity index (χ3n) is 4.46. The topological polar surface area (TPSA) is 130 Å². The first-order valence-corrected chi connectivity index (χ1v) is 11.0. The minimum absolute atomic E-state index is 0.0525. The first kappa shape index (κ1) is 23.2. The van der Waals surface area contributed by atoms with Crippen molar-refractivity contribution in [3.8, 4) is 22.9 Å². The van der Waals surface area contributed by atoms with Gasteiger partial charge in [-0.05, 0) is 44.2 Å². The molecule has 0 saturated carbocycles. The van der Waals surface area contributed by atoms with Crippen LogP contribution < -0.4 is 14.2 Å². The monoisotopic (exact) mass is 461 g/mol. The second kappa shape index (κ2) is 9.79. The average molecular weight is 461 g/mol. The molecule has 0 fully saturated rings. The van der Waals surface area contributed by atoms with Crippen LogP contribution >= 0.6 is 0 Å². The van der Waals surface area contributed by atoms with Gasteiger partial charge >= 0.3 is 5.97 Å². The van der Waals surface area contributed by atoms with Crippen molar-refractivity contribution >= 4 is 16.0 Å². The highest BCUT2D eigenvalue weighted by Crippen LogP contribution is 2.31. The summed E-state index contributed by atoms with van der Waals surface area (Å²) in [5.41, 5.74) is 1.53. The number of aryl methyl sites for hydroxylation is 1. The maximum absolute atomic E-state index is 12.4. The Morgan fingerprint density at radius 3 is 2.44 bits per heavy atom. The molecule has 11 heteroatoms. The van der Waals surface area contributed by atoms with E-state index in [1.54, 1.807) is 30.3 Å². The van der Waals surface area contributed by atoms with E-state index in [0.29, 0.717) is 17.1 Å². The van der Waals surface area contributed by atoms with Crippen LogP contribution in [0.15, 0.2) is 51.9 Å². The summed E-state index contributed by atoms with van der Waals surface area (Å²) in [6, 6.07) is 10.3. The molecule has 0 saturated heterocycles. The van der Waals surface area contributed by atoms with Crippen molar-refractivity contribution in [2.45, 2.75) is 31.4 Å². The van der Waals surface area contributed by atoms with Crippen LogP contribution in [-0.4, -0.2) is 44.8 Å². The number of benzene rings is 2.